The summed E-state index contributed by atoms with van der Waals surface area (Å²) < 4.78 is 12.9. The maximum atomic E-state index is 9.56. The summed E-state index contributed by atoms with van der Waals surface area (Å²) >= 11 is 4.48. The molecule has 0 heterocycles. The van der Waals surface area contributed by atoms with Gasteiger partial charge in [0.2, 0.25) is 0 Å². The quantitative estimate of drug-likeness (QED) is 0.394. The molecule has 1 unspecified atom stereocenters. The molecule has 0 spiro atoms. The summed E-state index contributed by atoms with van der Waals surface area (Å²) in [6, 6.07) is 0. The fraction of sp³-hybridized carbons (Fsp3) is 0. The molecule has 0 aromatic rings. The third-order valence-electron chi connectivity index (χ3n) is 0.130. The number of hydrogen-bond donors (Lipinski definition) is 2. The third kappa shape index (κ3) is 4.40. The second-order valence-corrected chi connectivity index (χ2v) is 2.95. The Hall–Kier alpha value is 0.400. The van der Waals surface area contributed by atoms with E-state index in [1.165, 1.54) is 0 Å². The van der Waals surface area contributed by atoms with Gasteiger partial charge in [0.25, 0.3) is 0 Å². The van der Waals surface area contributed by atoms with E-state index in [4.69, 9.17) is 4.89 Å². The molecule has 6 heteroatoms. The van der Waals surface area contributed by atoms with E-state index in [0.29, 0.717) is 0 Å². The van der Waals surface area contributed by atoms with Crippen molar-refractivity contribution in [3.63, 3.8) is 0 Å². The molecule has 4 nitrogen and oxygen atoms in total. The number of rotatable bonds is 1. The first-order valence-electron chi connectivity index (χ1n) is 0.970. The molecular formula is H3ClNO3P. The second kappa shape index (κ2) is 1.91. The van der Waals surface area contributed by atoms with Gasteiger partial charge in [-0.05, 0) is 0 Å². The average Bonchev–Trinajstić information content (AvgIpc) is 1.35. The molecule has 6 heavy (non-hydrogen) atoms. The zero-order valence-electron chi connectivity index (χ0n) is 2.67. The van der Waals surface area contributed by atoms with Crippen LogP contribution in [-0.2, 0) is 9.19 Å². The summed E-state index contributed by atoms with van der Waals surface area (Å²) in [5.41, 5.74) is 0. The summed E-state index contributed by atoms with van der Waals surface area (Å²) in [5.74, 6) is 4.16. The summed E-state index contributed by atoms with van der Waals surface area (Å²) in [7, 11) is 0. The van der Waals surface area contributed by atoms with Gasteiger partial charge in [-0.25, -0.2) is 15.1 Å². The molecule has 3 N–H and O–H groups in total. The summed E-state index contributed by atoms with van der Waals surface area (Å²) in [5, 5.41) is 0. The maximum absolute atomic E-state index is 9.56. The van der Waals surface area contributed by atoms with Crippen LogP contribution in [0.1, 0.15) is 0 Å². The van der Waals surface area contributed by atoms with Crippen molar-refractivity contribution >= 4 is 18.2 Å². The van der Waals surface area contributed by atoms with Gasteiger partial charge in [-0.3, -0.25) is 0 Å². The first kappa shape index (κ1) is 6.40. The minimum atomic E-state index is -3.90. The van der Waals surface area contributed by atoms with Crippen molar-refractivity contribution in [1.29, 1.82) is 0 Å². The topological polar surface area (TPSA) is 72.5 Å². The molecule has 0 aromatic heterocycles. The third-order valence-corrected chi connectivity index (χ3v) is 0.629. The first-order chi connectivity index (χ1) is 2.56. The Morgan fingerprint density at radius 3 is 2.17 bits per heavy atom. The highest BCUT2D eigenvalue weighted by Gasteiger charge is 2.09. The molecule has 0 rings (SSSR count). The lowest BCUT2D eigenvalue weighted by atomic mass is 13.6. The largest absolute Gasteiger partial charge is 0.437 e. The van der Waals surface area contributed by atoms with Gasteiger partial charge < -0.3 is 4.89 Å². The highest BCUT2D eigenvalue weighted by Crippen LogP contribution is 2.44. The van der Waals surface area contributed by atoms with Gasteiger partial charge >= 0.3 is 6.95 Å². The fourth-order valence-electron chi connectivity index (χ4n) is 0. The minimum absolute atomic E-state index is 3.31. The van der Waals surface area contributed by atoms with Crippen molar-refractivity contribution in [2.24, 2.45) is 5.90 Å². The molecular weight excluding hydrogens is 128 g/mol. The molecule has 0 aliphatic carbocycles. The normalized spacial score (nSPS) is 19.8. The van der Waals surface area contributed by atoms with E-state index < -0.39 is 6.95 Å². The van der Waals surface area contributed by atoms with Crippen molar-refractivity contribution in [1.82, 2.24) is 0 Å². The minimum Gasteiger partial charge on any atom is -0.312 e. The monoisotopic (exact) mass is 131 g/mol. The number of hydrogen-bond acceptors (Lipinski definition) is 3. The highest BCUT2D eigenvalue weighted by molar-refractivity contribution is 7.80. The first-order valence-corrected chi connectivity index (χ1v) is 3.45. The lowest BCUT2D eigenvalue weighted by molar-refractivity contribution is 0.284. The van der Waals surface area contributed by atoms with Crippen LogP contribution in [0.25, 0.3) is 0 Å². The van der Waals surface area contributed by atoms with Gasteiger partial charge in [-0.1, -0.05) is 0 Å². The molecule has 0 amide bonds. The molecule has 0 saturated heterocycles. The van der Waals surface area contributed by atoms with Crippen LogP contribution in [-0.4, -0.2) is 4.89 Å². The van der Waals surface area contributed by atoms with Crippen molar-refractivity contribution in [2.45, 2.75) is 0 Å². The Morgan fingerprint density at radius 1 is 2.00 bits per heavy atom. The number of halogens is 1. The van der Waals surface area contributed by atoms with Crippen LogP contribution in [0.3, 0.4) is 0 Å². The smallest absolute Gasteiger partial charge is 0.312 e. The fourth-order valence-corrected chi connectivity index (χ4v) is 0. The van der Waals surface area contributed by atoms with E-state index in [1.54, 1.807) is 0 Å². The van der Waals surface area contributed by atoms with E-state index in [1.807, 2.05) is 0 Å². The molecule has 0 bridgehead atoms. The standard InChI is InChI=1S/ClH3NO3P/c1-6(3,4)5-2/h2H2,(H,3,4). The Morgan fingerprint density at radius 2 is 2.17 bits per heavy atom. The van der Waals surface area contributed by atoms with Crippen LogP contribution < -0.4 is 5.90 Å². The average molecular weight is 131 g/mol. The summed E-state index contributed by atoms with van der Waals surface area (Å²) in [6.45, 7) is -3.90. The zero-order chi connectivity index (χ0) is 5.21. The summed E-state index contributed by atoms with van der Waals surface area (Å²) in [4.78, 5) is 7.80. The highest BCUT2D eigenvalue weighted by atomic mass is 35.7. The molecule has 0 fully saturated rings. The molecule has 1 atom stereocenters. The Balaban J connectivity index is 3.48. The van der Waals surface area contributed by atoms with E-state index in [-0.39, 0.29) is 0 Å². The van der Waals surface area contributed by atoms with Gasteiger partial charge in [0.1, 0.15) is 0 Å². The van der Waals surface area contributed by atoms with Crippen molar-refractivity contribution < 1.29 is 14.1 Å². The van der Waals surface area contributed by atoms with E-state index in [9.17, 15) is 4.57 Å². The second-order valence-electron chi connectivity index (χ2n) is 0.557. The van der Waals surface area contributed by atoms with Gasteiger partial charge in [-0.2, -0.15) is 0 Å². The predicted octanol–water partition coefficient (Wildman–Crippen LogP) is 0.216. The van der Waals surface area contributed by atoms with Crippen LogP contribution in [0.4, 0.5) is 0 Å². The van der Waals surface area contributed by atoms with Crippen molar-refractivity contribution in [3.05, 3.63) is 0 Å². The number of nitrogens with two attached hydrogens (primary N) is 1. The van der Waals surface area contributed by atoms with Crippen molar-refractivity contribution in [2.75, 3.05) is 0 Å². The van der Waals surface area contributed by atoms with Crippen LogP contribution in [0.15, 0.2) is 0 Å². The van der Waals surface area contributed by atoms with Crippen LogP contribution in [0.2, 0.25) is 0 Å². The van der Waals surface area contributed by atoms with E-state index in [2.05, 4.69) is 21.8 Å². The maximum Gasteiger partial charge on any atom is 0.437 e. The molecule has 0 aromatic carbocycles. The zero-order valence-corrected chi connectivity index (χ0v) is 4.32. The lowest BCUT2D eigenvalue weighted by Crippen LogP contribution is -1.89. The van der Waals surface area contributed by atoms with Crippen LogP contribution in [0.5, 0.6) is 0 Å². The lowest BCUT2D eigenvalue weighted by Gasteiger charge is -1.91. The van der Waals surface area contributed by atoms with Crippen LogP contribution in [0, 0.1) is 0 Å². The van der Waals surface area contributed by atoms with Crippen molar-refractivity contribution in [3.8, 4) is 0 Å². The Labute approximate surface area is 39.1 Å². The van der Waals surface area contributed by atoms with E-state index >= 15 is 0 Å². The molecule has 0 saturated carbocycles. The molecule has 0 aliphatic heterocycles. The SMILES string of the molecule is NOP(=O)(O)Cl. The Bertz CT molecular complexity index is 74.9. The summed E-state index contributed by atoms with van der Waals surface area (Å²) in [6.07, 6.45) is 0. The van der Waals surface area contributed by atoms with Crippen LogP contribution >= 0.6 is 18.2 Å². The van der Waals surface area contributed by atoms with Gasteiger partial charge in [0, 0.05) is 11.2 Å². The van der Waals surface area contributed by atoms with Gasteiger partial charge in [0.05, 0.1) is 0 Å². The Kier molecular flexibility index (Phi) is 2.04. The predicted molar refractivity (Wildman–Crippen MR) is 21.0 cm³/mol. The van der Waals surface area contributed by atoms with Gasteiger partial charge in [-0.15, -0.1) is 0 Å². The molecule has 38 valence electrons. The van der Waals surface area contributed by atoms with E-state index in [0.717, 1.165) is 0 Å². The molecule has 0 aliphatic rings. The van der Waals surface area contributed by atoms with Gasteiger partial charge in [0.15, 0.2) is 0 Å². The molecule has 0 radical (unpaired) electrons.